The molecular formula is C14H18N4O. The first kappa shape index (κ1) is 12.0. The molecule has 2 fully saturated rings. The number of nitrogens with two attached hydrogens (primary N) is 1. The fourth-order valence-corrected chi connectivity index (χ4v) is 2.66. The molecule has 19 heavy (non-hydrogen) atoms. The quantitative estimate of drug-likeness (QED) is 0.730. The third-order valence-electron chi connectivity index (χ3n) is 4.03. The molecule has 5 heteroatoms. The van der Waals surface area contributed by atoms with Gasteiger partial charge in [-0.05, 0) is 31.4 Å². The number of hydrogen-bond acceptors (Lipinski definition) is 4. The Labute approximate surface area is 112 Å². The number of nitrogen functional groups attached to an aromatic ring is 1. The summed E-state index contributed by atoms with van der Waals surface area (Å²) >= 11 is 0. The molecule has 1 amide bonds. The number of nitrogens with one attached hydrogen (secondary N) is 2. The maximum absolute atomic E-state index is 12.1. The lowest BCUT2D eigenvalue weighted by Gasteiger charge is -2.47. The molecule has 100 valence electrons. The molecule has 1 aliphatic carbocycles. The SMILES string of the molecule is C=C1NC2(CCC2)C(=O)NC1Cc1ccc(N)cn1. The minimum absolute atomic E-state index is 0.0894. The van der Waals surface area contributed by atoms with Crippen molar-refractivity contribution < 1.29 is 4.79 Å². The average molecular weight is 258 g/mol. The van der Waals surface area contributed by atoms with Crippen molar-refractivity contribution in [3.8, 4) is 0 Å². The number of nitrogens with zero attached hydrogens (tertiary/aromatic N) is 1. The van der Waals surface area contributed by atoms with Gasteiger partial charge < -0.3 is 16.4 Å². The topological polar surface area (TPSA) is 80.0 Å². The molecule has 1 aliphatic heterocycles. The van der Waals surface area contributed by atoms with Gasteiger partial charge in [0.1, 0.15) is 5.54 Å². The van der Waals surface area contributed by atoms with E-state index in [0.29, 0.717) is 12.1 Å². The lowest BCUT2D eigenvalue weighted by molar-refractivity contribution is -0.133. The molecule has 1 saturated heterocycles. The van der Waals surface area contributed by atoms with Gasteiger partial charge in [0.05, 0.1) is 17.9 Å². The van der Waals surface area contributed by atoms with E-state index in [1.165, 1.54) is 0 Å². The van der Waals surface area contributed by atoms with Gasteiger partial charge in [-0.1, -0.05) is 6.58 Å². The van der Waals surface area contributed by atoms with Crippen LogP contribution in [0.15, 0.2) is 30.6 Å². The Bertz CT molecular complexity index is 519. The van der Waals surface area contributed by atoms with Crippen molar-refractivity contribution in [1.82, 2.24) is 15.6 Å². The van der Waals surface area contributed by atoms with E-state index < -0.39 is 0 Å². The zero-order valence-corrected chi connectivity index (χ0v) is 10.8. The van der Waals surface area contributed by atoms with Crippen molar-refractivity contribution >= 4 is 11.6 Å². The van der Waals surface area contributed by atoms with Crippen LogP contribution in [-0.4, -0.2) is 22.5 Å². The molecule has 2 heterocycles. The molecule has 4 N–H and O–H groups in total. The molecule has 1 saturated carbocycles. The molecule has 1 unspecified atom stereocenters. The number of pyridine rings is 1. The van der Waals surface area contributed by atoms with Crippen LogP contribution in [0.4, 0.5) is 5.69 Å². The third kappa shape index (κ3) is 2.05. The normalized spacial score (nSPS) is 24.5. The lowest BCUT2D eigenvalue weighted by Crippen LogP contribution is -2.68. The smallest absolute Gasteiger partial charge is 0.246 e. The van der Waals surface area contributed by atoms with E-state index in [-0.39, 0.29) is 17.5 Å². The van der Waals surface area contributed by atoms with Crippen molar-refractivity contribution in [3.63, 3.8) is 0 Å². The zero-order chi connectivity index (χ0) is 13.5. The molecule has 3 rings (SSSR count). The number of amides is 1. The second-order valence-electron chi connectivity index (χ2n) is 5.40. The molecule has 0 radical (unpaired) electrons. The summed E-state index contributed by atoms with van der Waals surface area (Å²) in [4.78, 5) is 16.4. The highest BCUT2D eigenvalue weighted by Gasteiger charge is 2.48. The van der Waals surface area contributed by atoms with Crippen LogP contribution in [-0.2, 0) is 11.2 Å². The highest BCUT2D eigenvalue weighted by Crippen LogP contribution is 2.35. The summed E-state index contributed by atoms with van der Waals surface area (Å²) in [6, 6.07) is 3.59. The number of hydrogen-bond donors (Lipinski definition) is 3. The van der Waals surface area contributed by atoms with E-state index in [1.807, 2.05) is 12.1 Å². The van der Waals surface area contributed by atoms with Crippen molar-refractivity contribution in [2.24, 2.45) is 0 Å². The fourth-order valence-electron chi connectivity index (χ4n) is 2.66. The second-order valence-corrected chi connectivity index (χ2v) is 5.40. The Morgan fingerprint density at radius 1 is 1.47 bits per heavy atom. The summed E-state index contributed by atoms with van der Waals surface area (Å²) < 4.78 is 0. The Morgan fingerprint density at radius 3 is 2.84 bits per heavy atom. The van der Waals surface area contributed by atoms with Crippen LogP contribution in [0, 0.1) is 0 Å². The zero-order valence-electron chi connectivity index (χ0n) is 10.8. The van der Waals surface area contributed by atoms with Crippen LogP contribution in [0.25, 0.3) is 0 Å². The van der Waals surface area contributed by atoms with E-state index in [1.54, 1.807) is 6.20 Å². The van der Waals surface area contributed by atoms with Gasteiger partial charge in [-0.3, -0.25) is 9.78 Å². The number of anilines is 1. The van der Waals surface area contributed by atoms with Crippen LogP contribution in [0.3, 0.4) is 0 Å². The first-order valence-electron chi connectivity index (χ1n) is 6.57. The van der Waals surface area contributed by atoms with E-state index >= 15 is 0 Å². The molecule has 5 nitrogen and oxygen atoms in total. The minimum atomic E-state index is -0.387. The van der Waals surface area contributed by atoms with Gasteiger partial charge in [-0.15, -0.1) is 0 Å². The van der Waals surface area contributed by atoms with E-state index in [2.05, 4.69) is 22.2 Å². The third-order valence-corrected chi connectivity index (χ3v) is 4.03. The van der Waals surface area contributed by atoms with Crippen molar-refractivity contribution in [1.29, 1.82) is 0 Å². The van der Waals surface area contributed by atoms with E-state index in [4.69, 9.17) is 5.73 Å². The summed E-state index contributed by atoms with van der Waals surface area (Å²) in [5.41, 5.74) is 7.63. The molecule has 0 bridgehead atoms. The standard InChI is InChI=1S/C14H18N4O/c1-9-12(7-11-4-3-10(15)8-16-11)17-13(19)14(18-9)5-2-6-14/h3-4,8,12,18H,1-2,5-7,15H2,(H,17,19). The van der Waals surface area contributed by atoms with Crippen molar-refractivity contribution in [2.45, 2.75) is 37.3 Å². The largest absolute Gasteiger partial charge is 0.397 e. The van der Waals surface area contributed by atoms with Crippen molar-refractivity contribution in [3.05, 3.63) is 36.3 Å². The fraction of sp³-hybridized carbons (Fsp3) is 0.429. The molecular weight excluding hydrogens is 240 g/mol. The summed E-state index contributed by atoms with van der Waals surface area (Å²) in [6.45, 7) is 4.04. The minimum Gasteiger partial charge on any atom is -0.397 e. The van der Waals surface area contributed by atoms with Gasteiger partial charge >= 0.3 is 0 Å². The van der Waals surface area contributed by atoms with Gasteiger partial charge in [0.15, 0.2) is 0 Å². The summed E-state index contributed by atoms with van der Waals surface area (Å²) in [6.07, 6.45) is 5.14. The lowest BCUT2D eigenvalue weighted by atomic mass is 9.74. The summed E-state index contributed by atoms with van der Waals surface area (Å²) in [7, 11) is 0. The van der Waals surface area contributed by atoms with E-state index in [0.717, 1.165) is 30.7 Å². The monoisotopic (exact) mass is 258 g/mol. The van der Waals surface area contributed by atoms with E-state index in [9.17, 15) is 4.79 Å². The van der Waals surface area contributed by atoms with Crippen LogP contribution in [0.5, 0.6) is 0 Å². The van der Waals surface area contributed by atoms with Gasteiger partial charge in [-0.2, -0.15) is 0 Å². The predicted molar refractivity (Wildman–Crippen MR) is 73.1 cm³/mol. The highest BCUT2D eigenvalue weighted by molar-refractivity contribution is 5.89. The first-order valence-corrected chi connectivity index (χ1v) is 6.57. The molecule has 1 aromatic rings. The Hall–Kier alpha value is -2.04. The van der Waals surface area contributed by atoms with Gasteiger partial charge in [0.2, 0.25) is 5.91 Å². The van der Waals surface area contributed by atoms with Gasteiger partial charge in [-0.25, -0.2) is 0 Å². The summed E-state index contributed by atoms with van der Waals surface area (Å²) in [5.74, 6) is 0.0894. The van der Waals surface area contributed by atoms with Crippen LogP contribution < -0.4 is 16.4 Å². The molecule has 1 atom stereocenters. The number of piperazine rings is 1. The maximum Gasteiger partial charge on any atom is 0.246 e. The summed E-state index contributed by atoms with van der Waals surface area (Å²) in [5, 5.41) is 6.35. The van der Waals surface area contributed by atoms with Crippen molar-refractivity contribution in [2.75, 3.05) is 5.73 Å². The Kier molecular flexibility index (Phi) is 2.69. The van der Waals surface area contributed by atoms with Gasteiger partial charge in [0, 0.05) is 17.8 Å². The second kappa shape index (κ2) is 4.26. The predicted octanol–water partition coefficient (Wildman–Crippen LogP) is 0.731. The highest BCUT2D eigenvalue weighted by atomic mass is 16.2. The molecule has 1 aromatic heterocycles. The average Bonchev–Trinajstić information content (AvgIpc) is 2.34. The van der Waals surface area contributed by atoms with Crippen LogP contribution in [0.2, 0.25) is 0 Å². The Morgan fingerprint density at radius 2 is 2.26 bits per heavy atom. The molecule has 1 spiro atoms. The van der Waals surface area contributed by atoms with Gasteiger partial charge in [0.25, 0.3) is 0 Å². The molecule has 2 aliphatic rings. The van der Waals surface area contributed by atoms with Crippen LogP contribution >= 0.6 is 0 Å². The molecule has 0 aromatic carbocycles. The number of carbonyl (C=O) groups is 1. The van der Waals surface area contributed by atoms with Crippen LogP contribution in [0.1, 0.15) is 25.0 Å². The number of carbonyl (C=O) groups excluding carboxylic acids is 1. The first-order chi connectivity index (χ1) is 9.09. The Balaban J connectivity index is 1.70. The number of rotatable bonds is 2. The maximum atomic E-state index is 12.1. The number of aromatic nitrogens is 1.